The van der Waals surface area contributed by atoms with E-state index in [2.05, 4.69) is 37.5 Å². The maximum absolute atomic E-state index is 3.40. The topological polar surface area (TPSA) is 12.0 Å². The van der Waals surface area contributed by atoms with Gasteiger partial charge >= 0.3 is 0 Å². The highest BCUT2D eigenvalue weighted by atomic mass is 32.2. The minimum atomic E-state index is 0.651. The lowest BCUT2D eigenvalue weighted by atomic mass is 10.1. The second-order valence-electron chi connectivity index (χ2n) is 4.87. The summed E-state index contributed by atoms with van der Waals surface area (Å²) in [6.07, 6.45) is 6.45. The Balaban J connectivity index is 1.90. The van der Waals surface area contributed by atoms with Crippen LogP contribution < -0.4 is 5.32 Å². The van der Waals surface area contributed by atoms with E-state index in [4.69, 9.17) is 0 Å². The van der Waals surface area contributed by atoms with Crippen LogP contribution >= 0.6 is 11.8 Å². The van der Waals surface area contributed by atoms with Gasteiger partial charge in [-0.25, -0.2) is 0 Å². The van der Waals surface area contributed by atoms with Crippen molar-refractivity contribution in [2.75, 3.05) is 12.8 Å². The zero-order valence-corrected chi connectivity index (χ0v) is 11.8. The Kier molecular flexibility index (Phi) is 4.93. The predicted octanol–water partition coefficient (Wildman–Crippen LogP) is 3.66. The molecule has 2 heteroatoms. The van der Waals surface area contributed by atoms with Gasteiger partial charge in [0.2, 0.25) is 0 Å². The first-order chi connectivity index (χ1) is 8.33. The minimum Gasteiger partial charge on any atom is -0.316 e. The molecule has 0 bridgehead atoms. The van der Waals surface area contributed by atoms with Crippen molar-refractivity contribution in [2.24, 2.45) is 0 Å². The summed E-state index contributed by atoms with van der Waals surface area (Å²) < 4.78 is 0. The standard InChI is InChI=1S/C15H23NS/c1-3-5-14(16-2)11-17-15-9-8-12-6-4-7-13(12)10-15/h8-10,14,16H,3-7,11H2,1-2H3. The maximum Gasteiger partial charge on any atom is 0.0158 e. The molecular formula is C15H23NS. The van der Waals surface area contributed by atoms with Gasteiger partial charge in [-0.1, -0.05) is 19.4 Å². The molecule has 1 aliphatic carbocycles. The molecule has 17 heavy (non-hydrogen) atoms. The molecule has 0 aromatic heterocycles. The van der Waals surface area contributed by atoms with E-state index in [1.807, 2.05) is 11.8 Å². The molecule has 0 radical (unpaired) electrons. The molecule has 1 unspecified atom stereocenters. The maximum atomic E-state index is 3.40. The van der Waals surface area contributed by atoms with E-state index < -0.39 is 0 Å². The van der Waals surface area contributed by atoms with Crippen LogP contribution in [0.3, 0.4) is 0 Å². The highest BCUT2D eigenvalue weighted by Crippen LogP contribution is 2.28. The number of fused-ring (bicyclic) bond motifs is 1. The van der Waals surface area contributed by atoms with Crippen LogP contribution in [0.4, 0.5) is 0 Å². The lowest BCUT2D eigenvalue weighted by Crippen LogP contribution is -2.27. The molecule has 1 aliphatic rings. The average Bonchev–Trinajstić information content (AvgIpc) is 2.81. The Hall–Kier alpha value is -0.470. The van der Waals surface area contributed by atoms with E-state index in [-0.39, 0.29) is 0 Å². The fourth-order valence-electron chi connectivity index (χ4n) is 2.49. The lowest BCUT2D eigenvalue weighted by molar-refractivity contribution is 0.564. The Bertz CT molecular complexity index is 362. The van der Waals surface area contributed by atoms with Gasteiger partial charge in [-0.15, -0.1) is 11.8 Å². The van der Waals surface area contributed by atoms with Gasteiger partial charge < -0.3 is 5.32 Å². The van der Waals surface area contributed by atoms with Crippen LogP contribution in [0.2, 0.25) is 0 Å². The van der Waals surface area contributed by atoms with Crippen molar-refractivity contribution < 1.29 is 0 Å². The molecule has 1 nitrogen and oxygen atoms in total. The largest absolute Gasteiger partial charge is 0.316 e. The Morgan fingerprint density at radius 1 is 1.29 bits per heavy atom. The van der Waals surface area contributed by atoms with Crippen LogP contribution in [0.25, 0.3) is 0 Å². The molecule has 0 spiro atoms. The van der Waals surface area contributed by atoms with Crippen LogP contribution in [0.15, 0.2) is 23.1 Å². The van der Waals surface area contributed by atoms with E-state index in [0.29, 0.717) is 6.04 Å². The highest BCUT2D eigenvalue weighted by Gasteiger charge is 2.11. The Morgan fingerprint density at radius 3 is 2.88 bits per heavy atom. The SMILES string of the molecule is CCCC(CSc1ccc2c(c1)CCC2)NC. The second kappa shape index (κ2) is 6.46. The third-order valence-electron chi connectivity index (χ3n) is 3.57. The zero-order valence-electron chi connectivity index (χ0n) is 11.0. The van der Waals surface area contributed by atoms with Gasteiger partial charge in [0.15, 0.2) is 0 Å². The van der Waals surface area contributed by atoms with Crippen molar-refractivity contribution in [1.82, 2.24) is 5.32 Å². The molecule has 1 aromatic carbocycles. The summed E-state index contributed by atoms with van der Waals surface area (Å²) in [6.45, 7) is 2.25. The van der Waals surface area contributed by atoms with Crippen molar-refractivity contribution in [3.8, 4) is 0 Å². The minimum absolute atomic E-state index is 0.651. The molecule has 2 rings (SSSR count). The smallest absolute Gasteiger partial charge is 0.0158 e. The summed E-state index contributed by atoms with van der Waals surface area (Å²) >= 11 is 2.00. The van der Waals surface area contributed by atoms with Crippen molar-refractivity contribution in [3.05, 3.63) is 29.3 Å². The summed E-state index contributed by atoms with van der Waals surface area (Å²) in [4.78, 5) is 1.45. The first-order valence-electron chi connectivity index (χ1n) is 6.75. The van der Waals surface area contributed by atoms with Crippen LogP contribution in [0.5, 0.6) is 0 Å². The number of thioether (sulfide) groups is 1. The lowest BCUT2D eigenvalue weighted by Gasteiger charge is -2.14. The predicted molar refractivity (Wildman–Crippen MR) is 76.9 cm³/mol. The van der Waals surface area contributed by atoms with Crippen LogP contribution in [-0.4, -0.2) is 18.8 Å². The van der Waals surface area contributed by atoms with Crippen LogP contribution in [0, 0.1) is 0 Å². The monoisotopic (exact) mass is 249 g/mol. The molecule has 0 saturated heterocycles. The first kappa shape index (κ1) is 13.0. The van der Waals surface area contributed by atoms with Gasteiger partial charge in [0.1, 0.15) is 0 Å². The third-order valence-corrected chi connectivity index (χ3v) is 4.72. The van der Waals surface area contributed by atoms with Gasteiger partial charge in [-0.05, 0) is 56.0 Å². The van der Waals surface area contributed by atoms with Gasteiger partial charge in [-0.3, -0.25) is 0 Å². The Morgan fingerprint density at radius 2 is 2.12 bits per heavy atom. The molecule has 0 saturated carbocycles. The molecule has 0 heterocycles. The van der Waals surface area contributed by atoms with Gasteiger partial charge in [0.05, 0.1) is 0 Å². The normalized spacial score (nSPS) is 15.9. The molecule has 1 N–H and O–H groups in total. The molecule has 94 valence electrons. The van der Waals surface area contributed by atoms with Gasteiger partial charge in [0.25, 0.3) is 0 Å². The van der Waals surface area contributed by atoms with E-state index in [1.165, 1.54) is 42.8 Å². The third kappa shape index (κ3) is 3.49. The fourth-order valence-corrected chi connectivity index (χ4v) is 3.61. The van der Waals surface area contributed by atoms with E-state index in [9.17, 15) is 0 Å². The average molecular weight is 249 g/mol. The van der Waals surface area contributed by atoms with E-state index in [0.717, 1.165) is 0 Å². The Labute approximate surface area is 109 Å². The number of benzene rings is 1. The van der Waals surface area contributed by atoms with Crippen molar-refractivity contribution in [1.29, 1.82) is 0 Å². The van der Waals surface area contributed by atoms with E-state index in [1.54, 1.807) is 11.1 Å². The molecule has 1 aromatic rings. The first-order valence-corrected chi connectivity index (χ1v) is 7.74. The number of nitrogens with one attached hydrogen (secondary N) is 1. The molecule has 0 amide bonds. The quantitative estimate of drug-likeness (QED) is 0.772. The summed E-state index contributed by atoms with van der Waals surface area (Å²) in [7, 11) is 2.07. The number of hydrogen-bond acceptors (Lipinski definition) is 2. The number of rotatable bonds is 6. The molecule has 0 aliphatic heterocycles. The van der Waals surface area contributed by atoms with Crippen LogP contribution in [-0.2, 0) is 12.8 Å². The summed E-state index contributed by atoms with van der Waals surface area (Å²) in [5.41, 5.74) is 3.17. The zero-order chi connectivity index (χ0) is 12.1. The molecular weight excluding hydrogens is 226 g/mol. The summed E-state index contributed by atoms with van der Waals surface area (Å²) in [6, 6.07) is 7.69. The van der Waals surface area contributed by atoms with Gasteiger partial charge in [-0.2, -0.15) is 0 Å². The number of aryl methyl sites for hydroxylation is 2. The van der Waals surface area contributed by atoms with Gasteiger partial charge in [0, 0.05) is 16.7 Å². The summed E-state index contributed by atoms with van der Waals surface area (Å²) in [5.74, 6) is 1.18. The van der Waals surface area contributed by atoms with Crippen LogP contribution in [0.1, 0.15) is 37.3 Å². The highest BCUT2D eigenvalue weighted by molar-refractivity contribution is 7.99. The summed E-state index contributed by atoms with van der Waals surface area (Å²) in [5, 5.41) is 3.40. The van der Waals surface area contributed by atoms with E-state index >= 15 is 0 Å². The van der Waals surface area contributed by atoms with Crippen molar-refractivity contribution >= 4 is 11.8 Å². The van der Waals surface area contributed by atoms with Crippen molar-refractivity contribution in [2.45, 2.75) is 50.0 Å². The van der Waals surface area contributed by atoms with Crippen molar-refractivity contribution in [3.63, 3.8) is 0 Å². The molecule has 0 fully saturated rings. The second-order valence-corrected chi connectivity index (χ2v) is 5.96. The fraction of sp³-hybridized carbons (Fsp3) is 0.600. The number of hydrogen-bond donors (Lipinski definition) is 1. The molecule has 1 atom stereocenters.